The van der Waals surface area contributed by atoms with Crippen molar-refractivity contribution in [2.24, 2.45) is 5.73 Å². The summed E-state index contributed by atoms with van der Waals surface area (Å²) in [5, 5.41) is 4.28. The van der Waals surface area contributed by atoms with Gasteiger partial charge in [-0.1, -0.05) is 24.1 Å². The number of hydrogen-bond acceptors (Lipinski definition) is 6. The molecule has 0 amide bonds. The summed E-state index contributed by atoms with van der Waals surface area (Å²) in [4.78, 5) is 19.6. The molecule has 1 aromatic carbocycles. The van der Waals surface area contributed by atoms with Gasteiger partial charge in [0.2, 0.25) is 5.95 Å². The first-order valence-electron chi connectivity index (χ1n) is 8.67. The number of anilines is 2. The van der Waals surface area contributed by atoms with Crippen molar-refractivity contribution in [1.29, 1.82) is 0 Å². The van der Waals surface area contributed by atoms with E-state index in [2.05, 4.69) is 21.9 Å². The Balaban J connectivity index is 2.14. The summed E-state index contributed by atoms with van der Waals surface area (Å²) in [6, 6.07) is 7.43. The monoisotopic (exact) mass is 365 g/mol. The molecular formula is C19H23N7O. The van der Waals surface area contributed by atoms with Crippen molar-refractivity contribution >= 4 is 22.7 Å². The summed E-state index contributed by atoms with van der Waals surface area (Å²) in [6.07, 6.45) is 1.60. The van der Waals surface area contributed by atoms with E-state index < -0.39 is 0 Å². The Morgan fingerprint density at radius 2 is 2.07 bits per heavy atom. The third kappa shape index (κ3) is 3.64. The average molecular weight is 365 g/mol. The molecule has 8 nitrogen and oxygen atoms in total. The Labute approximate surface area is 157 Å². The molecule has 0 saturated heterocycles. The van der Waals surface area contributed by atoms with E-state index in [0.717, 1.165) is 5.56 Å². The second kappa shape index (κ2) is 7.93. The van der Waals surface area contributed by atoms with Crippen molar-refractivity contribution in [3.8, 4) is 11.8 Å². The lowest BCUT2D eigenvalue weighted by Gasteiger charge is -2.17. The lowest BCUT2D eigenvalue weighted by molar-refractivity contribution is 0.643. The molecule has 0 radical (unpaired) electrons. The molecule has 0 bridgehead atoms. The molecule has 0 fully saturated rings. The van der Waals surface area contributed by atoms with Gasteiger partial charge in [0.05, 0.1) is 19.3 Å². The molecule has 3 aromatic rings. The van der Waals surface area contributed by atoms with Crippen LogP contribution >= 0.6 is 0 Å². The number of rotatable bonds is 6. The third-order valence-electron chi connectivity index (χ3n) is 4.33. The summed E-state index contributed by atoms with van der Waals surface area (Å²) in [5.41, 5.74) is 13.9. The van der Waals surface area contributed by atoms with Crippen molar-refractivity contribution in [3.63, 3.8) is 0 Å². The second-order valence-electron chi connectivity index (χ2n) is 6.17. The molecule has 0 atom stereocenters. The summed E-state index contributed by atoms with van der Waals surface area (Å²) in [6.45, 7) is 3.52. The summed E-state index contributed by atoms with van der Waals surface area (Å²) in [7, 11) is 1.89. The lowest BCUT2D eigenvalue weighted by atomic mass is 10.2. The van der Waals surface area contributed by atoms with Crippen LogP contribution in [0.3, 0.4) is 0 Å². The molecule has 0 aliphatic carbocycles. The van der Waals surface area contributed by atoms with Gasteiger partial charge in [0.25, 0.3) is 5.56 Å². The number of likely N-dealkylation sites (N-methyl/N-ethyl adjacent to an activating group) is 1. The lowest BCUT2D eigenvalue weighted by Crippen LogP contribution is -2.29. The first-order chi connectivity index (χ1) is 13.1. The SMILES string of the molecule is CC#CCn1c(N(C)CCN)nc2cnn(Cc3ccccc3N)c(=O)c21. The number of nitrogens with zero attached hydrogens (tertiary/aromatic N) is 5. The van der Waals surface area contributed by atoms with Crippen LogP contribution < -0.4 is 21.9 Å². The van der Waals surface area contributed by atoms with Gasteiger partial charge < -0.3 is 16.4 Å². The highest BCUT2D eigenvalue weighted by Crippen LogP contribution is 2.19. The van der Waals surface area contributed by atoms with Crippen LogP contribution in [0.1, 0.15) is 12.5 Å². The van der Waals surface area contributed by atoms with Crippen LogP contribution in [-0.2, 0) is 13.1 Å². The fraction of sp³-hybridized carbons (Fsp3) is 0.316. The molecule has 0 aliphatic heterocycles. The summed E-state index contributed by atoms with van der Waals surface area (Å²) < 4.78 is 3.22. The van der Waals surface area contributed by atoms with Crippen molar-refractivity contribution in [2.75, 3.05) is 30.8 Å². The molecule has 3 rings (SSSR count). The van der Waals surface area contributed by atoms with Gasteiger partial charge in [-0.25, -0.2) is 9.67 Å². The summed E-state index contributed by atoms with van der Waals surface area (Å²) in [5.74, 6) is 6.53. The van der Waals surface area contributed by atoms with Gasteiger partial charge in [-0.05, 0) is 18.6 Å². The van der Waals surface area contributed by atoms with Crippen molar-refractivity contribution in [1.82, 2.24) is 19.3 Å². The van der Waals surface area contributed by atoms with Crippen LogP contribution in [0.4, 0.5) is 11.6 Å². The Morgan fingerprint density at radius 1 is 1.30 bits per heavy atom. The zero-order valence-electron chi connectivity index (χ0n) is 15.5. The fourth-order valence-electron chi connectivity index (χ4n) is 2.92. The number of aromatic nitrogens is 4. The number of nitrogens with two attached hydrogens (primary N) is 2. The third-order valence-corrected chi connectivity index (χ3v) is 4.33. The predicted octanol–water partition coefficient (Wildman–Crippen LogP) is 0.642. The van der Waals surface area contributed by atoms with Crippen molar-refractivity contribution in [2.45, 2.75) is 20.0 Å². The van der Waals surface area contributed by atoms with Crippen LogP contribution in [0.2, 0.25) is 0 Å². The Morgan fingerprint density at radius 3 is 2.78 bits per heavy atom. The first kappa shape index (κ1) is 18.5. The van der Waals surface area contributed by atoms with Gasteiger partial charge in [-0.15, -0.1) is 5.92 Å². The van der Waals surface area contributed by atoms with E-state index in [0.29, 0.717) is 48.8 Å². The molecule has 2 heterocycles. The van der Waals surface area contributed by atoms with E-state index in [1.807, 2.05) is 34.7 Å². The number of benzene rings is 1. The zero-order chi connectivity index (χ0) is 19.4. The number of para-hydroxylation sites is 1. The molecule has 8 heteroatoms. The van der Waals surface area contributed by atoms with Crippen LogP contribution in [0, 0.1) is 11.8 Å². The van der Waals surface area contributed by atoms with Crippen LogP contribution in [0.5, 0.6) is 0 Å². The Bertz CT molecular complexity index is 1070. The number of nitrogen functional groups attached to an aromatic ring is 1. The van der Waals surface area contributed by atoms with E-state index in [4.69, 9.17) is 11.5 Å². The molecule has 4 N–H and O–H groups in total. The quantitative estimate of drug-likeness (QED) is 0.490. The van der Waals surface area contributed by atoms with Gasteiger partial charge in [-0.2, -0.15) is 5.10 Å². The number of imidazole rings is 1. The van der Waals surface area contributed by atoms with Gasteiger partial charge in [0.1, 0.15) is 11.0 Å². The summed E-state index contributed by atoms with van der Waals surface area (Å²) >= 11 is 0. The second-order valence-corrected chi connectivity index (χ2v) is 6.17. The molecule has 27 heavy (non-hydrogen) atoms. The zero-order valence-corrected chi connectivity index (χ0v) is 15.5. The number of fused-ring (bicyclic) bond motifs is 1. The van der Waals surface area contributed by atoms with Crippen LogP contribution in [-0.4, -0.2) is 39.5 Å². The van der Waals surface area contributed by atoms with E-state index in [-0.39, 0.29) is 5.56 Å². The van der Waals surface area contributed by atoms with Crippen LogP contribution in [0.15, 0.2) is 35.3 Å². The van der Waals surface area contributed by atoms with Crippen molar-refractivity contribution in [3.05, 3.63) is 46.4 Å². The normalized spacial score (nSPS) is 10.6. The maximum absolute atomic E-state index is 13.1. The van der Waals surface area contributed by atoms with Gasteiger partial charge in [0, 0.05) is 25.8 Å². The Hall–Kier alpha value is -3.31. The molecule has 0 saturated carbocycles. The molecular weight excluding hydrogens is 342 g/mol. The molecule has 140 valence electrons. The highest BCUT2D eigenvalue weighted by Gasteiger charge is 2.18. The maximum Gasteiger partial charge on any atom is 0.293 e. The number of hydrogen-bond donors (Lipinski definition) is 2. The van der Waals surface area contributed by atoms with Gasteiger partial charge >= 0.3 is 0 Å². The van der Waals surface area contributed by atoms with Crippen molar-refractivity contribution < 1.29 is 0 Å². The van der Waals surface area contributed by atoms with Gasteiger partial charge in [-0.3, -0.25) is 9.36 Å². The predicted molar refractivity (Wildman–Crippen MR) is 108 cm³/mol. The highest BCUT2D eigenvalue weighted by molar-refractivity contribution is 5.77. The smallest absolute Gasteiger partial charge is 0.293 e. The van der Waals surface area contributed by atoms with Gasteiger partial charge in [0.15, 0.2) is 0 Å². The minimum atomic E-state index is -0.228. The molecule has 0 unspecified atom stereocenters. The van der Waals surface area contributed by atoms with E-state index in [1.54, 1.807) is 19.2 Å². The van der Waals surface area contributed by atoms with Crippen LogP contribution in [0.25, 0.3) is 11.0 Å². The Kier molecular flexibility index (Phi) is 5.43. The minimum absolute atomic E-state index is 0.228. The highest BCUT2D eigenvalue weighted by atomic mass is 16.1. The average Bonchev–Trinajstić information content (AvgIpc) is 3.03. The fourth-order valence-corrected chi connectivity index (χ4v) is 2.92. The molecule has 0 aliphatic rings. The standard InChI is InChI=1S/C19H23N7O/c1-3-4-10-25-17-16(23-19(25)24(2)11-9-20)12-22-26(18(17)27)13-14-7-5-6-8-15(14)21/h5-8,12H,9-11,13,20-21H2,1-2H3. The van der Waals surface area contributed by atoms with E-state index in [1.165, 1.54) is 4.68 Å². The molecule has 2 aromatic heterocycles. The maximum atomic E-state index is 13.1. The van der Waals surface area contributed by atoms with E-state index >= 15 is 0 Å². The minimum Gasteiger partial charge on any atom is -0.398 e. The molecule has 0 spiro atoms. The topological polar surface area (TPSA) is 108 Å². The first-order valence-corrected chi connectivity index (χ1v) is 8.67. The van der Waals surface area contributed by atoms with E-state index in [9.17, 15) is 4.79 Å². The largest absolute Gasteiger partial charge is 0.398 e.